The van der Waals surface area contributed by atoms with Gasteiger partial charge < -0.3 is 20.1 Å². The molecule has 24 heavy (non-hydrogen) atoms. The predicted molar refractivity (Wildman–Crippen MR) is 89.9 cm³/mol. The summed E-state index contributed by atoms with van der Waals surface area (Å²) in [6.45, 7) is 2.05. The van der Waals surface area contributed by atoms with Gasteiger partial charge in [-0.1, -0.05) is 11.6 Å². The van der Waals surface area contributed by atoms with Crippen LogP contribution in [-0.2, 0) is 0 Å². The molecule has 0 saturated carbocycles. The van der Waals surface area contributed by atoms with E-state index in [1.54, 1.807) is 30.7 Å². The summed E-state index contributed by atoms with van der Waals surface area (Å²) in [6, 6.07) is 3.23. The van der Waals surface area contributed by atoms with Crippen molar-refractivity contribution in [3.63, 3.8) is 0 Å². The molecule has 1 aliphatic heterocycles. The predicted octanol–water partition coefficient (Wildman–Crippen LogP) is 2.13. The van der Waals surface area contributed by atoms with Crippen molar-refractivity contribution < 1.29 is 14.3 Å². The summed E-state index contributed by atoms with van der Waals surface area (Å²) < 4.78 is 11.1. The highest BCUT2D eigenvalue weighted by Gasteiger charge is 2.18. The van der Waals surface area contributed by atoms with Crippen LogP contribution in [0.15, 0.2) is 30.7 Å². The molecule has 0 spiro atoms. The lowest BCUT2D eigenvalue weighted by Gasteiger charge is -2.12. The molecule has 0 saturated heterocycles. The maximum Gasteiger partial charge on any atom is 0.251 e. The van der Waals surface area contributed by atoms with E-state index in [1.807, 2.05) is 0 Å². The van der Waals surface area contributed by atoms with Crippen molar-refractivity contribution in [3.05, 3.63) is 41.3 Å². The SMILES string of the molecule is O=C(NCCNc1cnccn1)c1cc(Cl)c2c(c1)OCCCO2. The summed E-state index contributed by atoms with van der Waals surface area (Å²) in [5.41, 5.74) is 0.434. The zero-order valence-electron chi connectivity index (χ0n) is 12.9. The molecule has 0 bridgehead atoms. The zero-order valence-corrected chi connectivity index (χ0v) is 13.7. The smallest absolute Gasteiger partial charge is 0.251 e. The molecule has 1 aromatic carbocycles. The molecule has 2 N–H and O–H groups in total. The minimum atomic E-state index is -0.228. The lowest BCUT2D eigenvalue weighted by Crippen LogP contribution is -2.29. The molecular formula is C16H17ClN4O3. The Hall–Kier alpha value is -2.54. The van der Waals surface area contributed by atoms with E-state index < -0.39 is 0 Å². The summed E-state index contributed by atoms with van der Waals surface area (Å²) in [6.07, 6.45) is 5.59. The number of nitrogens with one attached hydrogen (secondary N) is 2. The normalized spacial score (nSPS) is 13.0. The van der Waals surface area contributed by atoms with Gasteiger partial charge in [0.2, 0.25) is 0 Å². The number of benzene rings is 1. The standard InChI is InChI=1S/C16H17ClN4O3/c17-12-8-11(9-13-15(12)24-7-1-6-23-13)16(22)21-5-4-20-14-10-18-2-3-19-14/h2-3,8-10H,1,4-7H2,(H,19,20)(H,21,22). The largest absolute Gasteiger partial charge is 0.489 e. The first-order valence-electron chi connectivity index (χ1n) is 7.61. The Labute approximate surface area is 144 Å². The van der Waals surface area contributed by atoms with Crippen molar-refractivity contribution in [2.75, 3.05) is 31.6 Å². The molecule has 1 aromatic heterocycles. The highest BCUT2D eigenvalue weighted by atomic mass is 35.5. The summed E-state index contributed by atoms with van der Waals surface area (Å²) in [5.74, 6) is 1.43. The van der Waals surface area contributed by atoms with Gasteiger partial charge in [-0.3, -0.25) is 9.78 Å². The van der Waals surface area contributed by atoms with Crippen LogP contribution in [0.5, 0.6) is 11.5 Å². The number of fused-ring (bicyclic) bond motifs is 1. The number of hydrogen-bond donors (Lipinski definition) is 2. The van der Waals surface area contributed by atoms with E-state index in [1.165, 1.54) is 0 Å². The van der Waals surface area contributed by atoms with E-state index in [2.05, 4.69) is 20.6 Å². The number of nitrogens with zero attached hydrogens (tertiary/aromatic N) is 2. The molecule has 0 unspecified atom stereocenters. The topological polar surface area (TPSA) is 85.4 Å². The van der Waals surface area contributed by atoms with Crippen LogP contribution in [0.2, 0.25) is 5.02 Å². The fourth-order valence-corrected chi connectivity index (χ4v) is 2.49. The molecule has 1 aliphatic rings. The van der Waals surface area contributed by atoms with Crippen LogP contribution in [0.1, 0.15) is 16.8 Å². The number of anilines is 1. The molecular weight excluding hydrogens is 332 g/mol. The first-order valence-corrected chi connectivity index (χ1v) is 7.99. The van der Waals surface area contributed by atoms with Gasteiger partial charge in [0.1, 0.15) is 5.82 Å². The Morgan fingerprint density at radius 2 is 2.08 bits per heavy atom. The fraction of sp³-hybridized carbons (Fsp3) is 0.312. The Balaban J connectivity index is 1.57. The fourth-order valence-electron chi connectivity index (χ4n) is 2.22. The van der Waals surface area contributed by atoms with Crippen LogP contribution in [0, 0.1) is 0 Å². The molecule has 126 valence electrons. The van der Waals surface area contributed by atoms with Crippen molar-refractivity contribution in [1.82, 2.24) is 15.3 Å². The Bertz CT molecular complexity index is 712. The molecule has 7 nitrogen and oxygen atoms in total. The Morgan fingerprint density at radius 3 is 2.92 bits per heavy atom. The number of amides is 1. The number of rotatable bonds is 5. The van der Waals surface area contributed by atoms with Crippen molar-refractivity contribution >= 4 is 23.3 Å². The van der Waals surface area contributed by atoms with Crippen LogP contribution in [0.3, 0.4) is 0 Å². The molecule has 3 rings (SSSR count). The summed E-state index contributed by atoms with van der Waals surface area (Å²) in [4.78, 5) is 20.3. The second kappa shape index (κ2) is 7.83. The molecule has 8 heteroatoms. The highest BCUT2D eigenvalue weighted by Crippen LogP contribution is 2.37. The van der Waals surface area contributed by atoms with Crippen LogP contribution in [0.25, 0.3) is 0 Å². The maximum absolute atomic E-state index is 12.3. The van der Waals surface area contributed by atoms with Gasteiger partial charge in [-0.15, -0.1) is 0 Å². The third kappa shape index (κ3) is 4.05. The second-order valence-corrected chi connectivity index (χ2v) is 5.52. The number of ether oxygens (including phenoxy) is 2. The molecule has 1 amide bonds. The zero-order chi connectivity index (χ0) is 16.8. The quantitative estimate of drug-likeness (QED) is 0.805. The minimum Gasteiger partial charge on any atom is -0.489 e. The van der Waals surface area contributed by atoms with Gasteiger partial charge in [0.15, 0.2) is 11.5 Å². The lowest BCUT2D eigenvalue weighted by atomic mass is 10.2. The van der Waals surface area contributed by atoms with Crippen LogP contribution in [0.4, 0.5) is 5.82 Å². The number of hydrogen-bond acceptors (Lipinski definition) is 6. The average Bonchev–Trinajstić information content (AvgIpc) is 2.85. The molecule has 0 atom stereocenters. The highest BCUT2D eigenvalue weighted by molar-refractivity contribution is 6.32. The number of carbonyl (C=O) groups is 1. The van der Waals surface area contributed by atoms with Gasteiger partial charge in [-0.25, -0.2) is 4.98 Å². The van der Waals surface area contributed by atoms with E-state index >= 15 is 0 Å². The van der Waals surface area contributed by atoms with Crippen molar-refractivity contribution in [2.45, 2.75) is 6.42 Å². The average molecular weight is 349 g/mol. The summed E-state index contributed by atoms with van der Waals surface area (Å²) >= 11 is 6.19. The van der Waals surface area contributed by atoms with Crippen molar-refractivity contribution in [1.29, 1.82) is 0 Å². The third-order valence-electron chi connectivity index (χ3n) is 3.34. The van der Waals surface area contributed by atoms with Gasteiger partial charge in [-0.2, -0.15) is 0 Å². The molecule has 2 heterocycles. The number of halogens is 1. The van der Waals surface area contributed by atoms with E-state index in [9.17, 15) is 4.79 Å². The Morgan fingerprint density at radius 1 is 1.21 bits per heavy atom. The maximum atomic E-state index is 12.3. The van der Waals surface area contributed by atoms with E-state index in [0.29, 0.717) is 54.2 Å². The summed E-state index contributed by atoms with van der Waals surface area (Å²) in [7, 11) is 0. The van der Waals surface area contributed by atoms with Gasteiger partial charge in [0.25, 0.3) is 5.91 Å². The molecule has 2 aromatic rings. The van der Waals surface area contributed by atoms with Crippen LogP contribution >= 0.6 is 11.6 Å². The third-order valence-corrected chi connectivity index (χ3v) is 3.62. The van der Waals surface area contributed by atoms with Gasteiger partial charge >= 0.3 is 0 Å². The molecule has 0 radical (unpaired) electrons. The number of aromatic nitrogens is 2. The summed E-state index contributed by atoms with van der Waals surface area (Å²) in [5, 5.41) is 6.25. The lowest BCUT2D eigenvalue weighted by molar-refractivity contribution is 0.0954. The van der Waals surface area contributed by atoms with Gasteiger partial charge in [0.05, 0.1) is 24.4 Å². The van der Waals surface area contributed by atoms with Gasteiger partial charge in [-0.05, 0) is 12.1 Å². The first-order chi connectivity index (χ1) is 11.7. The van der Waals surface area contributed by atoms with Gasteiger partial charge in [0, 0.05) is 37.5 Å². The second-order valence-electron chi connectivity index (χ2n) is 5.11. The van der Waals surface area contributed by atoms with Crippen molar-refractivity contribution in [3.8, 4) is 11.5 Å². The number of carbonyl (C=O) groups excluding carboxylic acids is 1. The monoisotopic (exact) mass is 348 g/mol. The van der Waals surface area contributed by atoms with Crippen LogP contribution in [-0.4, -0.2) is 42.2 Å². The molecule has 0 aliphatic carbocycles. The van der Waals surface area contributed by atoms with E-state index in [-0.39, 0.29) is 5.91 Å². The van der Waals surface area contributed by atoms with Crippen LogP contribution < -0.4 is 20.1 Å². The Kier molecular flexibility index (Phi) is 5.32. The van der Waals surface area contributed by atoms with Crippen molar-refractivity contribution in [2.24, 2.45) is 0 Å². The van der Waals surface area contributed by atoms with E-state index in [4.69, 9.17) is 21.1 Å². The minimum absolute atomic E-state index is 0.228. The van der Waals surface area contributed by atoms with E-state index in [0.717, 1.165) is 6.42 Å². The first kappa shape index (κ1) is 16.3. The molecule has 0 fully saturated rings.